The summed E-state index contributed by atoms with van der Waals surface area (Å²) in [5, 5.41) is 13.4. The Morgan fingerprint density at radius 1 is 1.57 bits per heavy atom. The lowest BCUT2D eigenvalue weighted by atomic mass is 9.93. The van der Waals surface area contributed by atoms with Gasteiger partial charge in [-0.15, -0.1) is 0 Å². The number of aliphatic hydroxyl groups is 1. The van der Waals surface area contributed by atoms with Crippen molar-refractivity contribution >= 4 is 32.7 Å². The van der Waals surface area contributed by atoms with Crippen molar-refractivity contribution in [3.63, 3.8) is 0 Å². The SMILES string of the molecule is COc1ccc2nc(NC(=O)N3CCC[C@@]3(C)C(C)O)sc2c1. The molecule has 1 aliphatic rings. The molecule has 0 saturated carbocycles. The van der Waals surface area contributed by atoms with Gasteiger partial charge in [-0.25, -0.2) is 9.78 Å². The van der Waals surface area contributed by atoms with Gasteiger partial charge >= 0.3 is 6.03 Å². The standard InChI is InChI=1S/C16H21N3O3S/c1-10(20)16(2)7-4-8-19(16)15(21)18-14-17-12-6-5-11(22-3)9-13(12)23-14/h5-6,9-10,20H,4,7-8H2,1-3H3,(H,17,18,21)/t10?,16-/m0/s1. The van der Waals surface area contributed by atoms with E-state index in [1.807, 2.05) is 25.1 Å². The van der Waals surface area contributed by atoms with Crippen molar-refractivity contribution in [2.45, 2.75) is 38.3 Å². The first kappa shape index (κ1) is 16.0. The molecule has 0 bridgehead atoms. The lowest BCUT2D eigenvalue weighted by Crippen LogP contribution is -2.53. The third-order valence-corrected chi connectivity index (χ3v) is 5.57. The number of thiazole rings is 1. The summed E-state index contributed by atoms with van der Waals surface area (Å²) in [6.07, 6.45) is 1.12. The van der Waals surface area contributed by atoms with Crippen LogP contribution in [0.15, 0.2) is 18.2 Å². The number of likely N-dealkylation sites (tertiary alicyclic amines) is 1. The molecule has 0 spiro atoms. The average Bonchev–Trinajstić information content (AvgIpc) is 3.09. The minimum atomic E-state index is -0.574. The van der Waals surface area contributed by atoms with Crippen molar-refractivity contribution in [3.05, 3.63) is 18.2 Å². The summed E-state index contributed by atoms with van der Waals surface area (Å²) < 4.78 is 6.16. The van der Waals surface area contributed by atoms with E-state index >= 15 is 0 Å². The van der Waals surface area contributed by atoms with Crippen LogP contribution < -0.4 is 10.1 Å². The van der Waals surface area contributed by atoms with E-state index < -0.39 is 11.6 Å². The highest BCUT2D eigenvalue weighted by molar-refractivity contribution is 7.22. The fraction of sp³-hybridized carbons (Fsp3) is 0.500. The fourth-order valence-corrected chi connectivity index (χ4v) is 3.88. The van der Waals surface area contributed by atoms with Crippen LogP contribution in [0.1, 0.15) is 26.7 Å². The number of rotatable bonds is 3. The molecule has 2 atom stereocenters. The maximum Gasteiger partial charge on any atom is 0.324 e. The second kappa shape index (κ2) is 5.98. The number of hydrogen-bond donors (Lipinski definition) is 2. The molecule has 1 unspecified atom stereocenters. The van der Waals surface area contributed by atoms with Crippen LogP contribution in [0.5, 0.6) is 5.75 Å². The molecule has 0 radical (unpaired) electrons. The number of carbonyl (C=O) groups is 1. The van der Waals surface area contributed by atoms with Gasteiger partial charge in [-0.2, -0.15) is 0 Å². The number of ether oxygens (including phenoxy) is 1. The second-order valence-corrected chi connectivity index (χ2v) is 7.10. The van der Waals surface area contributed by atoms with Crippen molar-refractivity contribution in [2.75, 3.05) is 19.0 Å². The van der Waals surface area contributed by atoms with Gasteiger partial charge in [-0.05, 0) is 44.9 Å². The highest BCUT2D eigenvalue weighted by Gasteiger charge is 2.43. The van der Waals surface area contributed by atoms with Crippen LogP contribution in [0.2, 0.25) is 0 Å². The Morgan fingerprint density at radius 2 is 2.35 bits per heavy atom. The van der Waals surface area contributed by atoms with Crippen molar-refractivity contribution in [2.24, 2.45) is 0 Å². The number of anilines is 1. The molecule has 2 N–H and O–H groups in total. The largest absolute Gasteiger partial charge is 0.497 e. The normalized spacial score (nSPS) is 22.3. The first-order chi connectivity index (χ1) is 10.9. The summed E-state index contributed by atoms with van der Waals surface area (Å²) in [6, 6.07) is 5.41. The maximum atomic E-state index is 12.6. The molecule has 1 aromatic carbocycles. The van der Waals surface area contributed by atoms with Gasteiger partial charge in [0, 0.05) is 6.54 Å². The zero-order valence-electron chi connectivity index (χ0n) is 13.5. The van der Waals surface area contributed by atoms with E-state index in [0.29, 0.717) is 11.7 Å². The van der Waals surface area contributed by atoms with Crippen LogP contribution in [0, 0.1) is 0 Å². The van der Waals surface area contributed by atoms with Gasteiger partial charge in [0.25, 0.3) is 0 Å². The number of nitrogens with one attached hydrogen (secondary N) is 1. The lowest BCUT2D eigenvalue weighted by Gasteiger charge is -2.37. The molecule has 6 nitrogen and oxygen atoms in total. The van der Waals surface area contributed by atoms with Gasteiger partial charge in [-0.1, -0.05) is 11.3 Å². The monoisotopic (exact) mass is 335 g/mol. The molecule has 3 rings (SSSR count). The summed E-state index contributed by atoms with van der Waals surface area (Å²) in [6.45, 7) is 4.30. The van der Waals surface area contributed by atoms with Crippen molar-refractivity contribution in [3.8, 4) is 5.75 Å². The Morgan fingerprint density at radius 3 is 3.04 bits per heavy atom. The van der Waals surface area contributed by atoms with Crippen LogP contribution in [-0.2, 0) is 0 Å². The van der Waals surface area contributed by atoms with E-state index in [0.717, 1.165) is 28.8 Å². The van der Waals surface area contributed by atoms with Crippen molar-refractivity contribution in [1.29, 1.82) is 0 Å². The Hall–Kier alpha value is -1.86. The number of amides is 2. The van der Waals surface area contributed by atoms with Gasteiger partial charge in [0.2, 0.25) is 0 Å². The number of nitrogens with zero attached hydrogens (tertiary/aromatic N) is 2. The van der Waals surface area contributed by atoms with Crippen LogP contribution in [0.25, 0.3) is 10.2 Å². The van der Waals surface area contributed by atoms with Gasteiger partial charge in [-0.3, -0.25) is 5.32 Å². The molecular weight excluding hydrogens is 314 g/mol. The van der Waals surface area contributed by atoms with Crippen LogP contribution in [0.3, 0.4) is 0 Å². The third kappa shape index (κ3) is 2.86. The zero-order valence-corrected chi connectivity index (χ0v) is 14.3. The van der Waals surface area contributed by atoms with Crippen molar-refractivity contribution in [1.82, 2.24) is 9.88 Å². The van der Waals surface area contributed by atoms with Crippen LogP contribution >= 0.6 is 11.3 Å². The number of fused-ring (bicyclic) bond motifs is 1. The van der Waals surface area contributed by atoms with Gasteiger partial charge < -0.3 is 14.7 Å². The zero-order chi connectivity index (χ0) is 16.6. The van der Waals surface area contributed by atoms with E-state index in [2.05, 4.69) is 10.3 Å². The molecule has 1 aromatic heterocycles. The van der Waals surface area contributed by atoms with E-state index in [-0.39, 0.29) is 6.03 Å². The third-order valence-electron chi connectivity index (χ3n) is 4.64. The number of urea groups is 1. The number of aromatic nitrogens is 1. The molecule has 1 fully saturated rings. The number of hydrogen-bond acceptors (Lipinski definition) is 5. The number of methoxy groups -OCH3 is 1. The highest BCUT2D eigenvalue weighted by atomic mass is 32.1. The summed E-state index contributed by atoms with van der Waals surface area (Å²) in [4.78, 5) is 18.7. The van der Waals surface area contributed by atoms with Crippen molar-refractivity contribution < 1.29 is 14.6 Å². The smallest absolute Gasteiger partial charge is 0.324 e. The lowest BCUT2D eigenvalue weighted by molar-refractivity contribution is 0.0384. The quantitative estimate of drug-likeness (QED) is 0.904. The minimum Gasteiger partial charge on any atom is -0.497 e. The van der Waals surface area contributed by atoms with E-state index in [1.165, 1.54) is 11.3 Å². The van der Waals surface area contributed by atoms with Crippen LogP contribution in [0.4, 0.5) is 9.93 Å². The predicted octanol–water partition coefficient (Wildman–Crippen LogP) is 3.07. The first-order valence-corrected chi connectivity index (χ1v) is 8.47. The summed E-state index contributed by atoms with van der Waals surface area (Å²) >= 11 is 1.41. The number of carbonyl (C=O) groups excluding carboxylic acids is 1. The Labute approximate surface area is 139 Å². The molecule has 124 valence electrons. The fourth-order valence-electron chi connectivity index (χ4n) is 3.00. The van der Waals surface area contributed by atoms with Gasteiger partial charge in [0.1, 0.15) is 5.75 Å². The van der Waals surface area contributed by atoms with Crippen LogP contribution in [-0.4, -0.2) is 46.3 Å². The highest BCUT2D eigenvalue weighted by Crippen LogP contribution is 2.34. The summed E-state index contributed by atoms with van der Waals surface area (Å²) in [5.74, 6) is 0.764. The Balaban J connectivity index is 1.80. The molecule has 7 heteroatoms. The van der Waals surface area contributed by atoms with E-state index in [1.54, 1.807) is 18.9 Å². The first-order valence-electron chi connectivity index (χ1n) is 7.65. The molecule has 2 amide bonds. The molecule has 2 heterocycles. The Bertz CT molecular complexity index is 730. The predicted molar refractivity (Wildman–Crippen MR) is 91.2 cm³/mol. The average molecular weight is 335 g/mol. The molecule has 0 aliphatic carbocycles. The molecular formula is C16H21N3O3S. The number of benzene rings is 1. The second-order valence-electron chi connectivity index (χ2n) is 6.07. The minimum absolute atomic E-state index is 0.211. The Kier molecular flexibility index (Phi) is 4.16. The summed E-state index contributed by atoms with van der Waals surface area (Å²) in [5.41, 5.74) is 0.301. The summed E-state index contributed by atoms with van der Waals surface area (Å²) in [7, 11) is 1.62. The molecule has 1 aliphatic heterocycles. The molecule has 23 heavy (non-hydrogen) atoms. The van der Waals surface area contributed by atoms with E-state index in [4.69, 9.17) is 4.74 Å². The van der Waals surface area contributed by atoms with Gasteiger partial charge in [0.15, 0.2) is 5.13 Å². The molecule has 1 saturated heterocycles. The maximum absolute atomic E-state index is 12.6. The molecule has 2 aromatic rings. The number of aliphatic hydroxyl groups excluding tert-OH is 1. The van der Waals surface area contributed by atoms with E-state index in [9.17, 15) is 9.90 Å². The topological polar surface area (TPSA) is 74.7 Å². The van der Waals surface area contributed by atoms with Gasteiger partial charge in [0.05, 0.1) is 29.0 Å².